The van der Waals surface area contributed by atoms with Gasteiger partial charge in [-0.05, 0) is 42.5 Å². The third-order valence-electron chi connectivity index (χ3n) is 4.88. The summed E-state index contributed by atoms with van der Waals surface area (Å²) in [5.41, 5.74) is 4.20. The number of amides is 1. The molecule has 3 aromatic rings. The molecule has 1 aliphatic carbocycles. The van der Waals surface area contributed by atoms with E-state index in [4.69, 9.17) is 0 Å². The Hall–Kier alpha value is -2.66. The van der Waals surface area contributed by atoms with Gasteiger partial charge in [0, 0.05) is 0 Å². The van der Waals surface area contributed by atoms with Gasteiger partial charge in [-0.1, -0.05) is 36.4 Å². The first-order valence-electron chi connectivity index (χ1n) is 8.68. The minimum atomic E-state index is -0.186. The largest absolute Gasteiger partial charge is 0.388 e. The Morgan fingerprint density at radius 3 is 2.88 bits per heavy atom. The fraction of sp³-hybridized carbons (Fsp3) is 0.300. The van der Waals surface area contributed by atoms with Crippen LogP contribution >= 0.6 is 0 Å². The van der Waals surface area contributed by atoms with E-state index >= 15 is 0 Å². The van der Waals surface area contributed by atoms with Gasteiger partial charge >= 0.3 is 0 Å². The molecule has 0 spiro atoms. The molecule has 4 rings (SSSR count). The molecule has 25 heavy (non-hydrogen) atoms. The summed E-state index contributed by atoms with van der Waals surface area (Å²) in [7, 11) is 0. The molecule has 0 bridgehead atoms. The van der Waals surface area contributed by atoms with Crippen molar-refractivity contribution in [2.75, 3.05) is 0 Å². The molecule has 0 saturated heterocycles. The van der Waals surface area contributed by atoms with E-state index < -0.39 is 0 Å². The topological polar surface area (TPSA) is 67.2 Å². The molecule has 1 atom stereocenters. The zero-order chi connectivity index (χ0) is 17.2. The van der Waals surface area contributed by atoms with Gasteiger partial charge in [-0.25, -0.2) is 4.98 Å². The Morgan fingerprint density at radius 2 is 2.00 bits per heavy atom. The van der Waals surface area contributed by atoms with Crippen LogP contribution in [0.15, 0.2) is 48.5 Å². The fourth-order valence-electron chi connectivity index (χ4n) is 3.71. The zero-order valence-electron chi connectivity index (χ0n) is 14.0. The molecule has 2 N–H and O–H groups in total. The van der Waals surface area contributed by atoms with Crippen LogP contribution in [0.25, 0.3) is 11.0 Å². The lowest BCUT2D eigenvalue weighted by molar-refractivity contribution is -0.122. The highest BCUT2D eigenvalue weighted by Gasteiger charge is 2.22. The van der Waals surface area contributed by atoms with Crippen molar-refractivity contribution in [3.63, 3.8) is 0 Å². The fourth-order valence-corrected chi connectivity index (χ4v) is 3.71. The Morgan fingerprint density at radius 1 is 1.20 bits per heavy atom. The van der Waals surface area contributed by atoms with Crippen LogP contribution in [0.4, 0.5) is 0 Å². The van der Waals surface area contributed by atoms with Gasteiger partial charge in [0.2, 0.25) is 5.91 Å². The number of aliphatic hydroxyl groups excluding tert-OH is 1. The molecular formula is C20H21N3O2. The zero-order valence-corrected chi connectivity index (χ0v) is 14.0. The van der Waals surface area contributed by atoms with Crippen molar-refractivity contribution in [2.45, 2.75) is 38.5 Å². The number of imidazole rings is 1. The number of nitrogens with zero attached hydrogens (tertiary/aromatic N) is 2. The number of carbonyl (C=O) groups excluding carboxylic acids is 1. The molecule has 1 amide bonds. The van der Waals surface area contributed by atoms with Gasteiger partial charge in [-0.3, -0.25) is 4.79 Å². The Kier molecular flexibility index (Phi) is 4.24. The summed E-state index contributed by atoms with van der Waals surface area (Å²) < 4.78 is 1.79. The second-order valence-corrected chi connectivity index (χ2v) is 6.47. The molecule has 0 aliphatic heterocycles. The average Bonchev–Trinajstić information content (AvgIpc) is 3.00. The molecule has 1 heterocycles. The van der Waals surface area contributed by atoms with Crippen molar-refractivity contribution in [3.8, 4) is 0 Å². The van der Waals surface area contributed by atoms with Gasteiger partial charge in [-0.2, -0.15) is 0 Å². The lowest BCUT2D eigenvalue weighted by Crippen LogP contribution is -2.33. The van der Waals surface area contributed by atoms with E-state index in [1.807, 2.05) is 36.4 Å². The van der Waals surface area contributed by atoms with Gasteiger partial charge in [0.05, 0.1) is 17.1 Å². The molecular weight excluding hydrogens is 314 g/mol. The van der Waals surface area contributed by atoms with Gasteiger partial charge in [-0.15, -0.1) is 0 Å². The number of benzene rings is 2. The lowest BCUT2D eigenvalue weighted by Gasteiger charge is -2.26. The predicted molar refractivity (Wildman–Crippen MR) is 95.9 cm³/mol. The maximum Gasteiger partial charge on any atom is 0.240 e. The minimum Gasteiger partial charge on any atom is -0.388 e. The molecule has 0 radical (unpaired) electrons. The van der Waals surface area contributed by atoms with Crippen LogP contribution in [-0.2, 0) is 24.4 Å². The number of para-hydroxylation sites is 2. The van der Waals surface area contributed by atoms with E-state index in [1.54, 1.807) is 4.57 Å². The van der Waals surface area contributed by atoms with E-state index in [0.29, 0.717) is 5.82 Å². The maximum absolute atomic E-state index is 12.7. The predicted octanol–water partition coefficient (Wildman–Crippen LogP) is 2.72. The number of aliphatic hydroxyl groups is 1. The first-order valence-corrected chi connectivity index (χ1v) is 8.68. The highest BCUT2D eigenvalue weighted by Crippen LogP contribution is 2.29. The molecule has 0 saturated carbocycles. The third-order valence-corrected chi connectivity index (χ3v) is 4.88. The number of aromatic nitrogens is 2. The van der Waals surface area contributed by atoms with Crippen molar-refractivity contribution in [1.29, 1.82) is 0 Å². The monoisotopic (exact) mass is 335 g/mol. The van der Waals surface area contributed by atoms with Crippen molar-refractivity contribution >= 4 is 16.9 Å². The normalized spacial score (nSPS) is 16.6. The molecule has 1 aliphatic rings. The quantitative estimate of drug-likeness (QED) is 0.770. The Balaban J connectivity index is 1.56. The molecule has 128 valence electrons. The average molecular weight is 335 g/mol. The van der Waals surface area contributed by atoms with Gasteiger partial charge in [0.15, 0.2) is 0 Å². The van der Waals surface area contributed by atoms with Crippen molar-refractivity contribution < 1.29 is 9.90 Å². The lowest BCUT2D eigenvalue weighted by atomic mass is 9.88. The highest BCUT2D eigenvalue weighted by molar-refractivity contribution is 5.81. The summed E-state index contributed by atoms with van der Waals surface area (Å²) in [6.07, 6.45) is 3.11. The summed E-state index contributed by atoms with van der Waals surface area (Å²) in [6.45, 7) is -0.0245. The summed E-state index contributed by atoms with van der Waals surface area (Å²) in [5.74, 6) is 0.458. The Bertz CT molecular complexity index is 916. The van der Waals surface area contributed by atoms with Crippen LogP contribution in [-0.4, -0.2) is 20.6 Å². The van der Waals surface area contributed by atoms with Crippen LogP contribution in [0, 0.1) is 0 Å². The van der Waals surface area contributed by atoms with Crippen LogP contribution in [0.2, 0.25) is 0 Å². The van der Waals surface area contributed by atoms with Gasteiger partial charge in [0.25, 0.3) is 0 Å². The van der Waals surface area contributed by atoms with Crippen LogP contribution in [0.3, 0.4) is 0 Å². The molecule has 1 aromatic heterocycles. The van der Waals surface area contributed by atoms with Gasteiger partial charge < -0.3 is 15.0 Å². The van der Waals surface area contributed by atoms with Crippen molar-refractivity contribution in [2.24, 2.45) is 0 Å². The van der Waals surface area contributed by atoms with Crippen LogP contribution < -0.4 is 5.32 Å². The third kappa shape index (κ3) is 3.03. The number of hydrogen-bond acceptors (Lipinski definition) is 3. The van der Waals surface area contributed by atoms with Crippen LogP contribution in [0.1, 0.15) is 35.8 Å². The number of rotatable bonds is 4. The first-order chi connectivity index (χ1) is 12.3. The van der Waals surface area contributed by atoms with E-state index in [2.05, 4.69) is 22.4 Å². The van der Waals surface area contributed by atoms with Crippen molar-refractivity contribution in [3.05, 3.63) is 65.5 Å². The highest BCUT2D eigenvalue weighted by atomic mass is 16.3. The molecule has 1 unspecified atom stereocenters. The van der Waals surface area contributed by atoms with Crippen LogP contribution in [0.5, 0.6) is 0 Å². The minimum absolute atomic E-state index is 0.0560. The second kappa shape index (κ2) is 6.69. The maximum atomic E-state index is 12.7. The number of aryl methyl sites for hydroxylation is 1. The summed E-state index contributed by atoms with van der Waals surface area (Å²) >= 11 is 0. The van der Waals surface area contributed by atoms with E-state index in [0.717, 1.165) is 30.3 Å². The number of nitrogens with one attached hydrogen (secondary N) is 1. The molecule has 5 heteroatoms. The number of fused-ring (bicyclic) bond motifs is 2. The Labute approximate surface area is 146 Å². The van der Waals surface area contributed by atoms with Gasteiger partial charge in [0.1, 0.15) is 19.0 Å². The van der Waals surface area contributed by atoms with E-state index in [-0.39, 0.29) is 25.1 Å². The summed E-state index contributed by atoms with van der Waals surface area (Å²) in [5, 5.41) is 12.7. The van der Waals surface area contributed by atoms with Crippen molar-refractivity contribution in [1.82, 2.24) is 14.9 Å². The molecule has 2 aromatic carbocycles. The molecule has 5 nitrogen and oxygen atoms in total. The van der Waals surface area contributed by atoms with E-state index in [1.165, 1.54) is 11.1 Å². The SMILES string of the molecule is O=C(Cn1c(CO)nc2ccccc21)NC1CCCc2ccccc21. The first kappa shape index (κ1) is 15.8. The standard InChI is InChI=1S/C20H21N3O2/c24-13-19-21-17-9-3-4-11-18(17)23(19)12-20(25)22-16-10-5-7-14-6-1-2-8-15(14)16/h1-4,6,8-9,11,16,24H,5,7,10,12-13H2,(H,22,25). The summed E-state index contributed by atoms with van der Waals surface area (Å²) in [6, 6.07) is 16.0. The smallest absolute Gasteiger partial charge is 0.240 e. The van der Waals surface area contributed by atoms with E-state index in [9.17, 15) is 9.90 Å². The summed E-state index contributed by atoms with van der Waals surface area (Å²) in [4.78, 5) is 17.1. The number of hydrogen-bond donors (Lipinski definition) is 2. The second-order valence-electron chi connectivity index (χ2n) is 6.47. The number of carbonyl (C=O) groups is 1. The molecule has 0 fully saturated rings.